The number of oxime groups is 1. The molecule has 0 unspecified atom stereocenters. The van der Waals surface area contributed by atoms with Crippen LogP contribution < -0.4 is 4.90 Å². The van der Waals surface area contributed by atoms with E-state index in [9.17, 15) is 4.79 Å². The molecule has 2 aromatic rings. The summed E-state index contributed by atoms with van der Waals surface area (Å²) in [5, 5.41) is 4.83. The molecule has 5 heteroatoms. The first-order valence-electron chi connectivity index (χ1n) is 6.86. The maximum absolute atomic E-state index is 12.2. The van der Waals surface area contributed by atoms with Crippen LogP contribution in [-0.4, -0.2) is 18.7 Å². The molecule has 0 aliphatic carbocycles. The van der Waals surface area contributed by atoms with Gasteiger partial charge in [0.25, 0.3) is 0 Å². The predicted molar refractivity (Wildman–Crippen MR) is 86.8 cm³/mol. The summed E-state index contributed by atoms with van der Waals surface area (Å²) in [5.74, 6) is -0.402. The minimum Gasteiger partial charge on any atom is -0.337 e. The lowest BCUT2D eigenvalue weighted by atomic mass is 10.0. The Morgan fingerprint density at radius 1 is 1.05 bits per heavy atom. The van der Waals surface area contributed by atoms with Crippen molar-refractivity contribution in [1.82, 2.24) is 0 Å². The van der Waals surface area contributed by atoms with Gasteiger partial charge in [0.05, 0.1) is 10.7 Å². The van der Waals surface area contributed by atoms with Crippen molar-refractivity contribution in [2.24, 2.45) is 5.16 Å². The maximum atomic E-state index is 12.2. The molecule has 2 aromatic carbocycles. The zero-order valence-electron chi connectivity index (χ0n) is 11.8. The average Bonchev–Trinajstić information content (AvgIpc) is 3.09. The first-order valence-corrected chi connectivity index (χ1v) is 7.67. The van der Waals surface area contributed by atoms with Crippen molar-refractivity contribution in [2.75, 3.05) is 11.9 Å². The minimum absolute atomic E-state index is 0.402. The lowest BCUT2D eigenvalue weighted by Gasteiger charge is -2.15. The molecule has 0 atom stereocenters. The average molecular weight is 308 g/mol. The highest BCUT2D eigenvalue weighted by Crippen LogP contribution is 2.47. The van der Waals surface area contributed by atoms with Crippen molar-refractivity contribution < 1.29 is 9.63 Å². The zero-order valence-corrected chi connectivity index (χ0v) is 12.6. The van der Waals surface area contributed by atoms with Crippen LogP contribution in [0.5, 0.6) is 0 Å². The Hall–Kier alpha value is -2.53. The molecule has 0 saturated heterocycles. The SMILES string of the molecule is CN1/C(=C2\C(=O)ON=C2c2ccccc2)Sc2ccccc21. The van der Waals surface area contributed by atoms with Gasteiger partial charge < -0.3 is 9.74 Å². The molecule has 0 spiro atoms. The number of carbonyl (C=O) groups is 1. The summed E-state index contributed by atoms with van der Waals surface area (Å²) in [5.41, 5.74) is 3.07. The Morgan fingerprint density at radius 3 is 2.55 bits per heavy atom. The van der Waals surface area contributed by atoms with Crippen molar-refractivity contribution in [1.29, 1.82) is 0 Å². The molecule has 0 radical (unpaired) electrons. The van der Waals surface area contributed by atoms with E-state index in [-0.39, 0.29) is 0 Å². The molecule has 2 heterocycles. The number of thioether (sulfide) groups is 1. The molecule has 4 rings (SSSR count). The highest BCUT2D eigenvalue weighted by atomic mass is 32.2. The first kappa shape index (κ1) is 13.2. The lowest BCUT2D eigenvalue weighted by molar-refractivity contribution is -0.136. The fourth-order valence-electron chi connectivity index (χ4n) is 2.58. The number of fused-ring (bicyclic) bond motifs is 1. The third kappa shape index (κ3) is 1.94. The summed E-state index contributed by atoms with van der Waals surface area (Å²) in [4.78, 5) is 20.3. The van der Waals surface area contributed by atoms with Crippen LogP contribution in [0.1, 0.15) is 5.56 Å². The van der Waals surface area contributed by atoms with Crippen LogP contribution in [0.2, 0.25) is 0 Å². The fraction of sp³-hybridized carbons (Fsp3) is 0.0588. The van der Waals surface area contributed by atoms with Gasteiger partial charge in [0.1, 0.15) is 11.3 Å². The van der Waals surface area contributed by atoms with Gasteiger partial charge in [0.2, 0.25) is 0 Å². The number of hydrogen-bond donors (Lipinski definition) is 0. The lowest BCUT2D eigenvalue weighted by Crippen LogP contribution is -2.18. The Kier molecular flexibility index (Phi) is 3.01. The standard InChI is InChI=1S/C17H12N2O2S/c1-19-12-9-5-6-10-13(12)22-16(19)14-15(18-21-17(14)20)11-7-3-2-4-8-11/h2-10H,1H3/b16-14+. The van der Waals surface area contributed by atoms with Gasteiger partial charge in [-0.2, -0.15) is 0 Å². The minimum atomic E-state index is -0.402. The van der Waals surface area contributed by atoms with Gasteiger partial charge in [-0.1, -0.05) is 59.4 Å². The molecule has 22 heavy (non-hydrogen) atoms. The summed E-state index contributed by atoms with van der Waals surface area (Å²) >= 11 is 1.57. The largest absolute Gasteiger partial charge is 0.370 e. The molecule has 0 amide bonds. The maximum Gasteiger partial charge on any atom is 0.370 e. The van der Waals surface area contributed by atoms with Crippen LogP contribution in [0.15, 0.2) is 75.3 Å². The van der Waals surface area contributed by atoms with E-state index in [1.165, 1.54) is 0 Å². The molecular formula is C17H12N2O2S. The summed E-state index contributed by atoms with van der Waals surface area (Å²) in [6.45, 7) is 0. The van der Waals surface area contributed by atoms with E-state index in [2.05, 4.69) is 5.16 Å². The fourth-order valence-corrected chi connectivity index (χ4v) is 3.76. The van der Waals surface area contributed by atoms with Gasteiger partial charge in [0, 0.05) is 17.5 Å². The molecule has 0 aromatic heterocycles. The predicted octanol–water partition coefficient (Wildman–Crippen LogP) is 3.40. The van der Waals surface area contributed by atoms with E-state index in [0.717, 1.165) is 21.2 Å². The van der Waals surface area contributed by atoms with Crippen LogP contribution in [0.3, 0.4) is 0 Å². The molecule has 108 valence electrons. The highest BCUT2D eigenvalue weighted by Gasteiger charge is 2.35. The van der Waals surface area contributed by atoms with E-state index < -0.39 is 5.97 Å². The third-order valence-electron chi connectivity index (χ3n) is 3.66. The van der Waals surface area contributed by atoms with Gasteiger partial charge in [0.15, 0.2) is 0 Å². The second-order valence-electron chi connectivity index (χ2n) is 4.99. The molecule has 0 saturated carbocycles. The molecule has 0 fully saturated rings. The van der Waals surface area contributed by atoms with E-state index in [1.54, 1.807) is 11.8 Å². The van der Waals surface area contributed by atoms with Gasteiger partial charge in [-0.25, -0.2) is 4.79 Å². The molecule has 4 nitrogen and oxygen atoms in total. The molecule has 0 bridgehead atoms. The summed E-state index contributed by atoms with van der Waals surface area (Å²) in [6, 6.07) is 17.7. The molecule has 0 N–H and O–H groups in total. The second kappa shape index (κ2) is 5.03. The van der Waals surface area contributed by atoms with Crippen molar-refractivity contribution in [3.8, 4) is 0 Å². The summed E-state index contributed by atoms with van der Waals surface area (Å²) in [7, 11) is 1.95. The summed E-state index contributed by atoms with van der Waals surface area (Å²) < 4.78 is 0. The van der Waals surface area contributed by atoms with Crippen LogP contribution in [0.25, 0.3) is 0 Å². The number of nitrogens with zero attached hydrogens (tertiary/aromatic N) is 2. The Morgan fingerprint density at radius 2 is 1.77 bits per heavy atom. The number of hydrogen-bond acceptors (Lipinski definition) is 5. The zero-order chi connectivity index (χ0) is 15.1. The van der Waals surface area contributed by atoms with Crippen LogP contribution >= 0.6 is 11.8 Å². The van der Waals surface area contributed by atoms with Crippen LogP contribution in [0.4, 0.5) is 5.69 Å². The molecule has 2 aliphatic rings. The quantitative estimate of drug-likeness (QED) is 0.598. The smallest absolute Gasteiger partial charge is 0.337 e. The number of benzene rings is 2. The van der Waals surface area contributed by atoms with Gasteiger partial charge in [-0.3, -0.25) is 0 Å². The third-order valence-corrected chi connectivity index (χ3v) is 4.90. The van der Waals surface area contributed by atoms with E-state index >= 15 is 0 Å². The van der Waals surface area contributed by atoms with Crippen LogP contribution in [0, 0.1) is 0 Å². The first-order chi connectivity index (χ1) is 10.8. The summed E-state index contributed by atoms with van der Waals surface area (Å²) in [6.07, 6.45) is 0. The normalized spacial score (nSPS) is 20.0. The number of rotatable bonds is 1. The van der Waals surface area contributed by atoms with Crippen LogP contribution in [-0.2, 0) is 9.63 Å². The van der Waals surface area contributed by atoms with E-state index in [0.29, 0.717) is 11.3 Å². The van der Waals surface area contributed by atoms with Crippen molar-refractivity contribution in [3.05, 3.63) is 70.8 Å². The van der Waals surface area contributed by atoms with Crippen molar-refractivity contribution >= 4 is 29.1 Å². The number of anilines is 1. The monoisotopic (exact) mass is 308 g/mol. The topological polar surface area (TPSA) is 41.9 Å². The molecular weight excluding hydrogens is 296 g/mol. The van der Waals surface area contributed by atoms with Crippen molar-refractivity contribution in [2.45, 2.75) is 4.90 Å². The Labute approximate surface area is 132 Å². The Bertz CT molecular complexity index is 828. The van der Waals surface area contributed by atoms with E-state index in [1.807, 2.05) is 66.5 Å². The van der Waals surface area contributed by atoms with Gasteiger partial charge in [-0.05, 0) is 12.1 Å². The number of carbonyl (C=O) groups excluding carboxylic acids is 1. The highest BCUT2D eigenvalue weighted by molar-refractivity contribution is 8.03. The van der Waals surface area contributed by atoms with Gasteiger partial charge in [-0.15, -0.1) is 0 Å². The van der Waals surface area contributed by atoms with E-state index in [4.69, 9.17) is 4.84 Å². The van der Waals surface area contributed by atoms with Gasteiger partial charge >= 0.3 is 5.97 Å². The Balaban J connectivity index is 1.84. The number of para-hydroxylation sites is 1. The van der Waals surface area contributed by atoms with Crippen molar-refractivity contribution in [3.63, 3.8) is 0 Å². The second-order valence-corrected chi connectivity index (χ2v) is 6.02. The molecule has 2 aliphatic heterocycles.